The van der Waals surface area contributed by atoms with E-state index >= 15 is 0 Å². The predicted molar refractivity (Wildman–Crippen MR) is 124 cm³/mol. The Morgan fingerprint density at radius 1 is 1.22 bits per heavy atom. The van der Waals surface area contributed by atoms with Gasteiger partial charge in [0.2, 0.25) is 5.91 Å². The van der Waals surface area contributed by atoms with Crippen molar-refractivity contribution < 1.29 is 14.0 Å². The van der Waals surface area contributed by atoms with Gasteiger partial charge in [0.05, 0.1) is 10.8 Å². The highest BCUT2D eigenvalue weighted by Crippen LogP contribution is 2.28. The molecule has 0 fully saturated rings. The number of carbonyl (C=O) groups is 2. The third-order valence-electron chi connectivity index (χ3n) is 4.66. The highest BCUT2D eigenvalue weighted by molar-refractivity contribution is 8.00. The summed E-state index contributed by atoms with van der Waals surface area (Å²) < 4.78 is 15.9. The summed E-state index contributed by atoms with van der Waals surface area (Å²) in [6, 6.07) is 11.3. The van der Waals surface area contributed by atoms with Crippen LogP contribution in [0.15, 0.2) is 60.3 Å². The summed E-state index contributed by atoms with van der Waals surface area (Å²) in [4.78, 5) is 24.8. The van der Waals surface area contributed by atoms with E-state index in [0.717, 1.165) is 22.9 Å². The molecule has 1 aromatic heterocycles. The second kappa shape index (κ2) is 10.2. The number of allylic oxidation sites excluding steroid dienone is 1. The van der Waals surface area contributed by atoms with Gasteiger partial charge in [0.1, 0.15) is 5.82 Å². The third kappa shape index (κ3) is 5.42. The van der Waals surface area contributed by atoms with Crippen molar-refractivity contribution in [1.82, 2.24) is 20.1 Å². The van der Waals surface area contributed by atoms with Crippen molar-refractivity contribution in [1.29, 1.82) is 0 Å². The van der Waals surface area contributed by atoms with Gasteiger partial charge in [-0.25, -0.2) is 9.18 Å². The van der Waals surface area contributed by atoms with Crippen LogP contribution in [0, 0.1) is 19.7 Å². The number of aromatic nitrogens is 3. The lowest BCUT2D eigenvalue weighted by molar-refractivity contribution is -0.119. The van der Waals surface area contributed by atoms with Crippen molar-refractivity contribution in [3.63, 3.8) is 0 Å². The normalized spacial score (nSPS) is 11.6. The number of imide groups is 1. The zero-order valence-electron chi connectivity index (χ0n) is 18.1. The number of carbonyl (C=O) groups excluding carboxylic acids is 2. The molecule has 3 amide bonds. The fourth-order valence-corrected chi connectivity index (χ4v) is 3.90. The van der Waals surface area contributed by atoms with Crippen molar-refractivity contribution in [2.24, 2.45) is 0 Å². The number of urea groups is 1. The summed E-state index contributed by atoms with van der Waals surface area (Å²) in [6.07, 6.45) is 1.64. The van der Waals surface area contributed by atoms with E-state index in [4.69, 9.17) is 0 Å². The molecular formula is C23H24FN5O2S. The van der Waals surface area contributed by atoms with Gasteiger partial charge in [-0.2, -0.15) is 0 Å². The zero-order chi connectivity index (χ0) is 23.3. The Morgan fingerprint density at radius 2 is 1.97 bits per heavy atom. The van der Waals surface area contributed by atoms with E-state index in [1.807, 2.05) is 26.0 Å². The molecule has 166 valence electrons. The summed E-state index contributed by atoms with van der Waals surface area (Å²) in [7, 11) is 0. The highest BCUT2D eigenvalue weighted by Gasteiger charge is 2.23. The molecule has 1 heterocycles. The van der Waals surface area contributed by atoms with Crippen molar-refractivity contribution >= 4 is 29.4 Å². The van der Waals surface area contributed by atoms with Crippen LogP contribution in [0.2, 0.25) is 0 Å². The fraction of sp³-hybridized carbons (Fsp3) is 0.217. The van der Waals surface area contributed by atoms with Gasteiger partial charge < -0.3 is 5.32 Å². The van der Waals surface area contributed by atoms with Crippen LogP contribution in [0.3, 0.4) is 0 Å². The number of benzene rings is 2. The van der Waals surface area contributed by atoms with E-state index in [0.29, 0.717) is 28.8 Å². The first-order valence-corrected chi connectivity index (χ1v) is 10.8. The lowest BCUT2D eigenvalue weighted by Crippen LogP contribution is -2.39. The van der Waals surface area contributed by atoms with Crippen LogP contribution in [-0.2, 0) is 11.3 Å². The number of amides is 3. The van der Waals surface area contributed by atoms with Gasteiger partial charge in [0.15, 0.2) is 11.0 Å². The SMILES string of the molecule is C=CCn1c(SC(C)C(=O)NC(=O)Nc2ccc(C)cc2C)nnc1-c1ccccc1F. The fourth-order valence-electron chi connectivity index (χ4n) is 3.04. The Labute approximate surface area is 190 Å². The van der Waals surface area contributed by atoms with Crippen LogP contribution in [0.4, 0.5) is 14.9 Å². The maximum atomic E-state index is 14.2. The first kappa shape index (κ1) is 23.2. The molecule has 2 N–H and O–H groups in total. The summed E-state index contributed by atoms with van der Waals surface area (Å²) >= 11 is 1.12. The Balaban J connectivity index is 1.70. The Morgan fingerprint density at radius 3 is 2.66 bits per heavy atom. The Bertz CT molecular complexity index is 1160. The largest absolute Gasteiger partial charge is 0.325 e. The number of halogens is 1. The van der Waals surface area contributed by atoms with Crippen molar-refractivity contribution in [2.45, 2.75) is 37.7 Å². The van der Waals surface area contributed by atoms with Crippen molar-refractivity contribution in [3.05, 3.63) is 72.1 Å². The van der Waals surface area contributed by atoms with Crippen LogP contribution in [0.5, 0.6) is 0 Å². The number of hydrogen-bond acceptors (Lipinski definition) is 5. The average Bonchev–Trinajstić information content (AvgIpc) is 3.12. The molecule has 0 aliphatic heterocycles. The maximum absolute atomic E-state index is 14.2. The molecule has 2 aromatic carbocycles. The van der Waals surface area contributed by atoms with Gasteiger partial charge in [-0.15, -0.1) is 16.8 Å². The number of nitrogens with one attached hydrogen (secondary N) is 2. The number of nitrogens with zero attached hydrogens (tertiary/aromatic N) is 3. The first-order chi connectivity index (χ1) is 15.3. The minimum atomic E-state index is -0.652. The topological polar surface area (TPSA) is 88.9 Å². The molecule has 1 unspecified atom stereocenters. The van der Waals surface area contributed by atoms with E-state index in [-0.39, 0.29) is 0 Å². The summed E-state index contributed by atoms with van der Waals surface area (Å²) in [5, 5.41) is 13.0. The molecule has 7 nitrogen and oxygen atoms in total. The van der Waals surface area contributed by atoms with Gasteiger partial charge in [-0.1, -0.05) is 47.7 Å². The van der Waals surface area contributed by atoms with Gasteiger partial charge in [0.25, 0.3) is 0 Å². The van der Waals surface area contributed by atoms with E-state index in [9.17, 15) is 14.0 Å². The maximum Gasteiger partial charge on any atom is 0.325 e. The summed E-state index contributed by atoms with van der Waals surface area (Å²) in [5.41, 5.74) is 2.90. The van der Waals surface area contributed by atoms with Gasteiger partial charge in [-0.3, -0.25) is 14.7 Å². The number of hydrogen-bond donors (Lipinski definition) is 2. The lowest BCUT2D eigenvalue weighted by Gasteiger charge is -2.14. The minimum Gasteiger partial charge on any atom is -0.307 e. The molecule has 3 rings (SSSR count). The second-order valence-electron chi connectivity index (χ2n) is 7.21. The first-order valence-electron chi connectivity index (χ1n) is 9.95. The van der Waals surface area contributed by atoms with Crippen LogP contribution < -0.4 is 10.6 Å². The molecule has 32 heavy (non-hydrogen) atoms. The van der Waals surface area contributed by atoms with E-state index in [1.54, 1.807) is 41.8 Å². The summed E-state index contributed by atoms with van der Waals surface area (Å²) in [6.45, 7) is 9.55. The summed E-state index contributed by atoms with van der Waals surface area (Å²) in [5.74, 6) is -0.570. The Hall–Kier alpha value is -3.46. The predicted octanol–water partition coefficient (Wildman–Crippen LogP) is 4.72. The van der Waals surface area contributed by atoms with Crippen LogP contribution in [-0.4, -0.2) is 32.0 Å². The minimum absolute atomic E-state index is 0.304. The van der Waals surface area contributed by atoms with Crippen LogP contribution in [0.25, 0.3) is 11.4 Å². The van der Waals surface area contributed by atoms with Gasteiger partial charge >= 0.3 is 6.03 Å². The number of aryl methyl sites for hydroxylation is 2. The van der Waals surface area contributed by atoms with Crippen LogP contribution in [0.1, 0.15) is 18.1 Å². The standard InChI is InChI=1S/C23H24FN5O2S/c1-5-12-29-20(17-8-6-7-9-18(17)24)27-28-23(29)32-16(4)21(30)26-22(31)25-19-11-10-14(2)13-15(19)3/h5-11,13,16H,1,12H2,2-4H3,(H2,25,26,30,31). The lowest BCUT2D eigenvalue weighted by atomic mass is 10.1. The zero-order valence-corrected chi connectivity index (χ0v) is 18.9. The van der Waals surface area contributed by atoms with Gasteiger partial charge in [0, 0.05) is 12.2 Å². The molecule has 1 atom stereocenters. The van der Waals surface area contributed by atoms with Gasteiger partial charge in [-0.05, 0) is 44.5 Å². The number of thioether (sulfide) groups is 1. The molecule has 0 bridgehead atoms. The molecule has 0 aliphatic rings. The van der Waals surface area contributed by atoms with E-state index < -0.39 is 23.0 Å². The average molecular weight is 454 g/mol. The molecule has 0 saturated heterocycles. The molecule has 0 saturated carbocycles. The van der Waals surface area contributed by atoms with Crippen molar-refractivity contribution in [2.75, 3.05) is 5.32 Å². The molecule has 0 spiro atoms. The molecule has 0 radical (unpaired) electrons. The quantitative estimate of drug-likeness (QED) is 0.399. The monoisotopic (exact) mass is 453 g/mol. The number of anilines is 1. The molecule has 3 aromatic rings. The third-order valence-corrected chi connectivity index (χ3v) is 5.74. The van der Waals surface area contributed by atoms with Crippen molar-refractivity contribution in [3.8, 4) is 11.4 Å². The van der Waals surface area contributed by atoms with Crippen LogP contribution >= 0.6 is 11.8 Å². The van der Waals surface area contributed by atoms with E-state index in [1.165, 1.54) is 6.07 Å². The van der Waals surface area contributed by atoms with E-state index in [2.05, 4.69) is 27.4 Å². The molecular weight excluding hydrogens is 429 g/mol. The number of rotatable bonds is 7. The second-order valence-corrected chi connectivity index (χ2v) is 8.52. The molecule has 9 heteroatoms. The highest BCUT2D eigenvalue weighted by atomic mass is 32.2. The smallest absolute Gasteiger partial charge is 0.307 e. The molecule has 0 aliphatic carbocycles. The Kier molecular flexibility index (Phi) is 7.42.